The topological polar surface area (TPSA) is 108 Å². The summed E-state index contributed by atoms with van der Waals surface area (Å²) in [6.45, 7) is 0.0663. The number of carboxylic acids is 1. The van der Waals surface area contributed by atoms with Crippen LogP contribution in [0.1, 0.15) is 23.5 Å². The highest BCUT2D eigenvalue weighted by Gasteiger charge is 2.73. The molecule has 196 valence electrons. The molecule has 1 fully saturated rings. The van der Waals surface area contributed by atoms with Gasteiger partial charge in [-0.15, -0.1) is 0 Å². The van der Waals surface area contributed by atoms with Crippen molar-refractivity contribution in [2.75, 3.05) is 27.6 Å². The maximum Gasteiger partial charge on any atom is 0.323 e. The van der Waals surface area contributed by atoms with E-state index < -0.39 is 34.6 Å². The Morgan fingerprint density at radius 2 is 1.79 bits per heavy atom. The number of ketones is 1. The Kier molecular flexibility index (Phi) is 6.67. The molecule has 3 aliphatic rings. The van der Waals surface area contributed by atoms with E-state index in [0.29, 0.717) is 22.6 Å². The number of rotatable bonds is 6. The number of allylic oxidation sites excluding steroid dienone is 3. The minimum atomic E-state index is -2.06. The molecule has 4 atom stereocenters. The van der Waals surface area contributed by atoms with Gasteiger partial charge in [0, 0.05) is 11.5 Å². The summed E-state index contributed by atoms with van der Waals surface area (Å²) < 4.78 is 21.9. The minimum absolute atomic E-state index is 0.00619. The van der Waals surface area contributed by atoms with E-state index >= 15 is 0 Å². The first-order valence-electron chi connectivity index (χ1n) is 12.2. The Morgan fingerprint density at radius 3 is 2.45 bits per heavy atom. The number of esters is 1. The highest BCUT2D eigenvalue weighted by molar-refractivity contribution is 6.07. The summed E-state index contributed by atoms with van der Waals surface area (Å²) in [5, 5.41) is 10.7. The van der Waals surface area contributed by atoms with Gasteiger partial charge in [0.25, 0.3) is 0 Å². The van der Waals surface area contributed by atoms with E-state index in [1.165, 1.54) is 13.2 Å². The Bertz CT molecular complexity index is 1340. The molecule has 0 saturated heterocycles. The second kappa shape index (κ2) is 9.95. The van der Waals surface area contributed by atoms with Crippen molar-refractivity contribution in [3.63, 3.8) is 0 Å². The number of hydrogen-bond donors (Lipinski definition) is 1. The van der Waals surface area contributed by atoms with Gasteiger partial charge in [0.2, 0.25) is 0 Å². The molecule has 8 heteroatoms. The summed E-state index contributed by atoms with van der Waals surface area (Å²) in [5.41, 5.74) is -1.65. The van der Waals surface area contributed by atoms with Crippen LogP contribution in [-0.4, -0.2) is 50.4 Å². The minimum Gasteiger partial charge on any atom is -0.497 e. The summed E-state index contributed by atoms with van der Waals surface area (Å²) in [4.78, 5) is 40.9. The molecule has 0 radical (unpaired) electrons. The Balaban J connectivity index is 1.82. The predicted molar refractivity (Wildman–Crippen MR) is 137 cm³/mol. The van der Waals surface area contributed by atoms with Crippen LogP contribution in [0.25, 0.3) is 6.08 Å². The highest BCUT2D eigenvalue weighted by atomic mass is 16.7. The van der Waals surface area contributed by atoms with Gasteiger partial charge < -0.3 is 24.1 Å². The molecule has 2 aliphatic carbocycles. The van der Waals surface area contributed by atoms with Crippen LogP contribution in [0.2, 0.25) is 0 Å². The molecule has 4 unspecified atom stereocenters. The van der Waals surface area contributed by atoms with Gasteiger partial charge in [0.05, 0.1) is 26.2 Å². The van der Waals surface area contributed by atoms with Crippen LogP contribution < -0.4 is 4.74 Å². The second-order valence-electron chi connectivity index (χ2n) is 9.57. The van der Waals surface area contributed by atoms with Gasteiger partial charge in [-0.1, -0.05) is 54.6 Å². The molecule has 8 nitrogen and oxygen atoms in total. The monoisotopic (exact) mass is 516 g/mol. The van der Waals surface area contributed by atoms with Crippen LogP contribution >= 0.6 is 0 Å². The largest absolute Gasteiger partial charge is 0.497 e. The first-order valence-corrected chi connectivity index (χ1v) is 12.2. The van der Waals surface area contributed by atoms with Gasteiger partial charge in [-0.3, -0.25) is 14.4 Å². The number of carbonyl (C=O) groups is 3. The third-order valence-electron chi connectivity index (χ3n) is 7.91. The van der Waals surface area contributed by atoms with Crippen LogP contribution in [0.3, 0.4) is 0 Å². The number of carbonyl (C=O) groups excluding carboxylic acids is 2. The van der Waals surface area contributed by atoms with E-state index in [1.54, 1.807) is 30.3 Å². The fraction of sp³-hybridized carbons (Fsp3) is 0.300. The van der Waals surface area contributed by atoms with Crippen LogP contribution in [-0.2, 0) is 28.6 Å². The Hall–Kier alpha value is -4.17. The molecule has 1 spiro atoms. The van der Waals surface area contributed by atoms with Crippen molar-refractivity contribution in [2.45, 2.75) is 12.3 Å². The smallest absolute Gasteiger partial charge is 0.323 e. The summed E-state index contributed by atoms with van der Waals surface area (Å²) in [5.74, 6) is -3.40. The normalized spacial score (nSPS) is 28.3. The second-order valence-corrected chi connectivity index (χ2v) is 9.57. The van der Waals surface area contributed by atoms with Gasteiger partial charge in [0.15, 0.2) is 18.0 Å². The first kappa shape index (κ1) is 25.5. The van der Waals surface area contributed by atoms with Crippen molar-refractivity contribution in [1.29, 1.82) is 0 Å². The average Bonchev–Trinajstić information content (AvgIpc) is 3.27. The van der Waals surface area contributed by atoms with E-state index in [9.17, 15) is 19.5 Å². The van der Waals surface area contributed by atoms with Crippen molar-refractivity contribution in [1.82, 2.24) is 0 Å². The fourth-order valence-electron chi connectivity index (χ4n) is 6.30. The number of ether oxygens (including phenoxy) is 4. The lowest BCUT2D eigenvalue weighted by molar-refractivity contribution is -0.168. The summed E-state index contributed by atoms with van der Waals surface area (Å²) in [6, 6.07) is 16.3. The third-order valence-corrected chi connectivity index (χ3v) is 7.91. The SMILES string of the molecule is COC(=O)C1(C(=O)O)CC(/C=C/c2ccccc2)C2(C(=O)C=CC3=C2COCO3)C1c1ccc(OC)cc1. The van der Waals surface area contributed by atoms with Crippen LogP contribution in [0.15, 0.2) is 84.2 Å². The molecule has 2 aromatic rings. The van der Waals surface area contributed by atoms with Gasteiger partial charge in [-0.05, 0) is 47.8 Å². The lowest BCUT2D eigenvalue weighted by atomic mass is 9.57. The summed E-state index contributed by atoms with van der Waals surface area (Å²) >= 11 is 0. The van der Waals surface area contributed by atoms with Crippen LogP contribution in [0, 0.1) is 16.7 Å². The van der Waals surface area contributed by atoms with E-state index in [4.69, 9.17) is 18.9 Å². The number of fused-ring (bicyclic) bond motifs is 1. The quantitative estimate of drug-likeness (QED) is 0.451. The fourth-order valence-corrected chi connectivity index (χ4v) is 6.30. The molecule has 5 rings (SSSR count). The van der Waals surface area contributed by atoms with Crippen molar-refractivity contribution < 1.29 is 38.4 Å². The zero-order chi connectivity index (χ0) is 26.9. The van der Waals surface area contributed by atoms with E-state index in [0.717, 1.165) is 12.7 Å². The number of hydrogen-bond acceptors (Lipinski definition) is 7. The first-order chi connectivity index (χ1) is 18.4. The average molecular weight is 517 g/mol. The number of carboxylic acid groups (broad SMARTS) is 1. The van der Waals surface area contributed by atoms with Gasteiger partial charge in [-0.25, -0.2) is 0 Å². The number of aliphatic carboxylic acids is 1. The zero-order valence-corrected chi connectivity index (χ0v) is 21.1. The molecule has 0 aromatic heterocycles. The highest BCUT2D eigenvalue weighted by Crippen LogP contribution is 2.68. The molecule has 1 saturated carbocycles. The maximum atomic E-state index is 14.2. The molecule has 1 heterocycles. The number of methoxy groups -OCH3 is 2. The molecule has 0 bridgehead atoms. The van der Waals surface area contributed by atoms with Gasteiger partial charge in [-0.2, -0.15) is 0 Å². The maximum absolute atomic E-state index is 14.2. The van der Waals surface area contributed by atoms with E-state index in [1.807, 2.05) is 42.5 Å². The van der Waals surface area contributed by atoms with Gasteiger partial charge >= 0.3 is 11.9 Å². The third kappa shape index (κ3) is 3.75. The van der Waals surface area contributed by atoms with Crippen LogP contribution in [0.5, 0.6) is 5.75 Å². The van der Waals surface area contributed by atoms with E-state index in [-0.39, 0.29) is 25.6 Å². The molecule has 1 N–H and O–H groups in total. The zero-order valence-electron chi connectivity index (χ0n) is 21.1. The lowest BCUT2D eigenvalue weighted by Crippen LogP contribution is -2.50. The molecule has 2 aromatic carbocycles. The van der Waals surface area contributed by atoms with Crippen molar-refractivity contribution in [2.24, 2.45) is 16.7 Å². The summed E-state index contributed by atoms with van der Waals surface area (Å²) in [6.07, 6.45) is 6.52. The van der Waals surface area contributed by atoms with Crippen LogP contribution in [0.4, 0.5) is 0 Å². The standard InChI is InChI=1S/C30H28O8/c1-35-22-12-9-20(10-13-22)26-29(27(32)33,28(34)36-2)16-21(11-8-19-6-4-3-5-7-19)30(26)23-17-37-18-38-24(23)14-15-25(30)31/h3-15,21,26H,16-18H2,1-2H3,(H,32,33)/b11-8+. The molecule has 1 aliphatic heterocycles. The molecular weight excluding hydrogens is 488 g/mol. The predicted octanol–water partition coefficient (Wildman–Crippen LogP) is 4.14. The van der Waals surface area contributed by atoms with Gasteiger partial charge in [0.1, 0.15) is 11.5 Å². The Morgan fingerprint density at radius 1 is 1.05 bits per heavy atom. The molecular formula is C30H28O8. The van der Waals surface area contributed by atoms with Crippen molar-refractivity contribution >= 4 is 23.8 Å². The Labute approximate surface area is 220 Å². The number of benzene rings is 2. The van der Waals surface area contributed by atoms with Crippen molar-refractivity contribution in [3.8, 4) is 5.75 Å². The van der Waals surface area contributed by atoms with E-state index in [2.05, 4.69) is 0 Å². The summed E-state index contributed by atoms with van der Waals surface area (Å²) in [7, 11) is 2.69. The lowest BCUT2D eigenvalue weighted by Gasteiger charge is -2.45. The molecule has 38 heavy (non-hydrogen) atoms. The van der Waals surface area contributed by atoms with Crippen molar-refractivity contribution in [3.05, 3.63) is 95.3 Å². The molecule has 0 amide bonds.